The van der Waals surface area contributed by atoms with E-state index in [9.17, 15) is 9.50 Å². The number of halogens is 2. The monoisotopic (exact) mass is 231 g/mol. The van der Waals surface area contributed by atoms with E-state index in [0.717, 1.165) is 0 Å². The number of rotatable bonds is 4. The van der Waals surface area contributed by atoms with Gasteiger partial charge in [-0.1, -0.05) is 17.7 Å². The SMILES string of the molecule is CC(O)(CCN)Cc1c(F)cccc1Cl. The van der Waals surface area contributed by atoms with Gasteiger partial charge in [0, 0.05) is 17.0 Å². The molecule has 0 spiro atoms. The molecule has 15 heavy (non-hydrogen) atoms. The second kappa shape index (κ2) is 4.92. The number of nitrogens with two attached hydrogens (primary N) is 1. The molecule has 0 aliphatic heterocycles. The molecular formula is C11H15ClFNO. The molecule has 0 fully saturated rings. The summed E-state index contributed by atoms with van der Waals surface area (Å²) >= 11 is 5.85. The topological polar surface area (TPSA) is 46.2 Å². The minimum absolute atomic E-state index is 0.176. The summed E-state index contributed by atoms with van der Waals surface area (Å²) in [7, 11) is 0. The van der Waals surface area contributed by atoms with Crippen molar-refractivity contribution in [3.8, 4) is 0 Å². The molecule has 0 bridgehead atoms. The third kappa shape index (κ3) is 3.45. The van der Waals surface area contributed by atoms with Crippen molar-refractivity contribution in [3.63, 3.8) is 0 Å². The van der Waals surface area contributed by atoms with Gasteiger partial charge in [0.2, 0.25) is 0 Å². The van der Waals surface area contributed by atoms with E-state index in [2.05, 4.69) is 0 Å². The van der Waals surface area contributed by atoms with Crippen LogP contribution in [0.3, 0.4) is 0 Å². The molecule has 1 rings (SSSR count). The van der Waals surface area contributed by atoms with Crippen molar-refractivity contribution in [2.24, 2.45) is 5.73 Å². The van der Waals surface area contributed by atoms with E-state index in [1.54, 1.807) is 19.1 Å². The van der Waals surface area contributed by atoms with Gasteiger partial charge in [0.15, 0.2) is 0 Å². The lowest BCUT2D eigenvalue weighted by Crippen LogP contribution is -2.30. The van der Waals surface area contributed by atoms with Gasteiger partial charge in [0.1, 0.15) is 5.82 Å². The number of benzene rings is 1. The Morgan fingerprint density at radius 1 is 1.53 bits per heavy atom. The number of hydrogen-bond donors (Lipinski definition) is 2. The second-order valence-electron chi connectivity index (χ2n) is 3.91. The number of aliphatic hydroxyl groups is 1. The van der Waals surface area contributed by atoms with Crippen molar-refractivity contribution < 1.29 is 9.50 Å². The first kappa shape index (κ1) is 12.4. The van der Waals surface area contributed by atoms with Gasteiger partial charge in [-0.05, 0) is 32.0 Å². The molecule has 0 saturated heterocycles. The Morgan fingerprint density at radius 2 is 2.20 bits per heavy atom. The average Bonchev–Trinajstić information content (AvgIpc) is 2.11. The molecule has 0 amide bonds. The highest BCUT2D eigenvalue weighted by molar-refractivity contribution is 6.31. The van der Waals surface area contributed by atoms with Crippen molar-refractivity contribution >= 4 is 11.6 Å². The van der Waals surface area contributed by atoms with Crippen LogP contribution in [-0.2, 0) is 6.42 Å². The van der Waals surface area contributed by atoms with Gasteiger partial charge in [-0.25, -0.2) is 4.39 Å². The van der Waals surface area contributed by atoms with Crippen LogP contribution in [-0.4, -0.2) is 17.3 Å². The van der Waals surface area contributed by atoms with Crippen LogP contribution in [0.25, 0.3) is 0 Å². The molecule has 0 heterocycles. The third-order valence-electron chi connectivity index (χ3n) is 2.30. The molecule has 0 aromatic heterocycles. The predicted octanol–water partition coefficient (Wildman–Crippen LogP) is 2.12. The zero-order chi connectivity index (χ0) is 11.5. The fourth-order valence-electron chi connectivity index (χ4n) is 1.48. The largest absolute Gasteiger partial charge is 0.390 e. The minimum Gasteiger partial charge on any atom is -0.390 e. The smallest absolute Gasteiger partial charge is 0.127 e. The molecule has 0 aliphatic carbocycles. The van der Waals surface area contributed by atoms with Gasteiger partial charge in [-0.3, -0.25) is 0 Å². The molecule has 2 nitrogen and oxygen atoms in total. The standard InChI is InChI=1S/C11H15ClFNO/c1-11(15,5-6-14)7-8-9(12)3-2-4-10(8)13/h2-4,15H,5-7,14H2,1H3. The highest BCUT2D eigenvalue weighted by atomic mass is 35.5. The Bertz CT molecular complexity index is 321. The van der Waals surface area contributed by atoms with E-state index >= 15 is 0 Å². The third-order valence-corrected chi connectivity index (χ3v) is 2.66. The zero-order valence-electron chi connectivity index (χ0n) is 8.63. The van der Waals surface area contributed by atoms with E-state index < -0.39 is 5.60 Å². The van der Waals surface area contributed by atoms with Gasteiger partial charge in [-0.15, -0.1) is 0 Å². The van der Waals surface area contributed by atoms with Crippen LogP contribution < -0.4 is 5.73 Å². The van der Waals surface area contributed by atoms with Crippen molar-refractivity contribution in [2.45, 2.75) is 25.4 Å². The van der Waals surface area contributed by atoms with Gasteiger partial charge in [0.25, 0.3) is 0 Å². The summed E-state index contributed by atoms with van der Waals surface area (Å²) in [5.74, 6) is -0.389. The van der Waals surface area contributed by atoms with Crippen LogP contribution in [0.4, 0.5) is 4.39 Å². The summed E-state index contributed by atoms with van der Waals surface area (Å²) in [6.45, 7) is 1.99. The molecule has 1 aromatic rings. The summed E-state index contributed by atoms with van der Waals surface area (Å²) < 4.78 is 13.4. The maximum Gasteiger partial charge on any atom is 0.127 e. The summed E-state index contributed by atoms with van der Waals surface area (Å²) in [6, 6.07) is 4.48. The van der Waals surface area contributed by atoms with Crippen LogP contribution in [0.15, 0.2) is 18.2 Å². The molecule has 0 aliphatic rings. The van der Waals surface area contributed by atoms with Crippen molar-refractivity contribution in [2.75, 3.05) is 6.54 Å². The van der Waals surface area contributed by atoms with E-state index in [-0.39, 0.29) is 12.2 Å². The number of hydrogen-bond acceptors (Lipinski definition) is 2. The Balaban J connectivity index is 2.89. The van der Waals surface area contributed by atoms with E-state index in [0.29, 0.717) is 23.6 Å². The summed E-state index contributed by atoms with van der Waals surface area (Å²) in [6.07, 6.45) is 0.591. The fraction of sp³-hybridized carbons (Fsp3) is 0.455. The van der Waals surface area contributed by atoms with Crippen molar-refractivity contribution in [1.29, 1.82) is 0 Å². The summed E-state index contributed by atoms with van der Waals surface area (Å²) in [5.41, 5.74) is 4.69. The lowest BCUT2D eigenvalue weighted by molar-refractivity contribution is 0.0530. The molecule has 84 valence electrons. The molecule has 0 radical (unpaired) electrons. The first-order chi connectivity index (χ1) is 6.96. The Hall–Kier alpha value is -0.640. The van der Waals surface area contributed by atoms with E-state index in [4.69, 9.17) is 17.3 Å². The Kier molecular flexibility index (Phi) is 4.08. The van der Waals surface area contributed by atoms with Crippen LogP contribution in [0.1, 0.15) is 18.9 Å². The van der Waals surface area contributed by atoms with Crippen LogP contribution in [0.2, 0.25) is 5.02 Å². The van der Waals surface area contributed by atoms with Crippen molar-refractivity contribution in [1.82, 2.24) is 0 Å². The van der Waals surface area contributed by atoms with Gasteiger partial charge in [0.05, 0.1) is 5.60 Å². The first-order valence-corrected chi connectivity index (χ1v) is 5.19. The Morgan fingerprint density at radius 3 is 2.73 bits per heavy atom. The van der Waals surface area contributed by atoms with E-state index in [1.165, 1.54) is 6.07 Å². The van der Waals surface area contributed by atoms with Crippen LogP contribution in [0, 0.1) is 5.82 Å². The molecule has 0 saturated carbocycles. The zero-order valence-corrected chi connectivity index (χ0v) is 9.39. The van der Waals surface area contributed by atoms with E-state index in [1.807, 2.05) is 0 Å². The normalized spacial score (nSPS) is 15.0. The van der Waals surface area contributed by atoms with Crippen LogP contribution >= 0.6 is 11.6 Å². The second-order valence-corrected chi connectivity index (χ2v) is 4.32. The average molecular weight is 232 g/mol. The van der Waals surface area contributed by atoms with Gasteiger partial charge in [-0.2, -0.15) is 0 Å². The lowest BCUT2D eigenvalue weighted by Gasteiger charge is -2.23. The minimum atomic E-state index is -1.01. The molecule has 1 aromatic carbocycles. The van der Waals surface area contributed by atoms with Gasteiger partial charge < -0.3 is 10.8 Å². The molecular weight excluding hydrogens is 217 g/mol. The lowest BCUT2D eigenvalue weighted by atomic mass is 9.93. The molecule has 1 unspecified atom stereocenters. The maximum absolute atomic E-state index is 13.4. The highest BCUT2D eigenvalue weighted by Gasteiger charge is 2.23. The fourth-order valence-corrected chi connectivity index (χ4v) is 1.71. The predicted molar refractivity (Wildman–Crippen MR) is 59.4 cm³/mol. The molecule has 4 heteroatoms. The summed E-state index contributed by atoms with van der Waals surface area (Å²) in [5, 5.41) is 10.3. The summed E-state index contributed by atoms with van der Waals surface area (Å²) in [4.78, 5) is 0. The first-order valence-electron chi connectivity index (χ1n) is 4.81. The van der Waals surface area contributed by atoms with Crippen LogP contribution in [0.5, 0.6) is 0 Å². The highest BCUT2D eigenvalue weighted by Crippen LogP contribution is 2.25. The quantitative estimate of drug-likeness (QED) is 0.834. The van der Waals surface area contributed by atoms with Crippen molar-refractivity contribution in [3.05, 3.63) is 34.6 Å². The van der Waals surface area contributed by atoms with Gasteiger partial charge >= 0.3 is 0 Å². The molecule has 3 N–H and O–H groups in total. The maximum atomic E-state index is 13.4. The molecule has 1 atom stereocenters. The Labute approximate surface area is 93.9 Å².